The summed E-state index contributed by atoms with van der Waals surface area (Å²) in [7, 11) is 0. The van der Waals surface area contributed by atoms with Crippen LogP contribution in [0.5, 0.6) is 0 Å². The van der Waals surface area contributed by atoms with Crippen molar-refractivity contribution in [2.24, 2.45) is 0 Å². The van der Waals surface area contributed by atoms with Crippen molar-refractivity contribution in [1.82, 2.24) is 15.2 Å². The van der Waals surface area contributed by atoms with Crippen molar-refractivity contribution in [3.63, 3.8) is 0 Å². The Morgan fingerprint density at radius 3 is 2.59 bits per heavy atom. The third-order valence-electron chi connectivity index (χ3n) is 4.11. The van der Waals surface area contributed by atoms with E-state index in [1.807, 2.05) is 66.0 Å². The van der Waals surface area contributed by atoms with E-state index in [1.165, 1.54) is 23.5 Å². The molecule has 0 radical (unpaired) electrons. The molecule has 138 valence electrons. The van der Waals surface area contributed by atoms with Gasteiger partial charge in [-0.25, -0.2) is 0 Å². The molecule has 1 aliphatic rings. The molecular weight excluding hydrogens is 400 g/mol. The van der Waals surface area contributed by atoms with Crippen LogP contribution in [-0.4, -0.2) is 32.6 Å². The van der Waals surface area contributed by atoms with Crippen LogP contribution in [0.25, 0.3) is 11.4 Å². The zero-order valence-electron chi connectivity index (χ0n) is 14.3. The van der Waals surface area contributed by atoms with Crippen LogP contribution in [0, 0.1) is 0 Å². The molecule has 3 aromatic rings. The fourth-order valence-electron chi connectivity index (χ4n) is 2.74. The number of rotatable bonds is 4. The Labute approximate surface area is 170 Å². The van der Waals surface area contributed by atoms with Crippen LogP contribution in [0.2, 0.25) is 5.02 Å². The fraction of sp³-hybridized carbons (Fsp3) is 0.211. The number of aromatic amines is 1. The lowest BCUT2D eigenvalue weighted by Crippen LogP contribution is -2.13. The molecule has 2 N–H and O–H groups in total. The molecule has 1 amide bonds. The van der Waals surface area contributed by atoms with Crippen molar-refractivity contribution in [1.29, 1.82) is 0 Å². The number of anilines is 1. The van der Waals surface area contributed by atoms with Gasteiger partial charge in [0.15, 0.2) is 5.82 Å². The van der Waals surface area contributed by atoms with Crippen LogP contribution < -0.4 is 5.32 Å². The van der Waals surface area contributed by atoms with Crippen molar-refractivity contribution in [2.45, 2.75) is 11.0 Å². The molecule has 1 aromatic heterocycles. The largest absolute Gasteiger partial charge is 0.289 e. The Kier molecular flexibility index (Phi) is 5.71. The van der Waals surface area contributed by atoms with Gasteiger partial charge in [-0.3, -0.25) is 15.2 Å². The van der Waals surface area contributed by atoms with Crippen LogP contribution in [0.15, 0.2) is 48.5 Å². The summed E-state index contributed by atoms with van der Waals surface area (Å²) in [6, 6.07) is 15.1. The topological polar surface area (TPSA) is 70.7 Å². The van der Waals surface area contributed by atoms with Crippen molar-refractivity contribution < 1.29 is 4.79 Å². The SMILES string of the molecule is O=C(Nc1n[nH]c(-c2ccccc2Cl)n1)c1ccc(C2SCCCS2)cc1. The number of H-pyrrole nitrogens is 1. The number of nitrogens with zero attached hydrogens (tertiary/aromatic N) is 2. The smallest absolute Gasteiger partial charge is 0.258 e. The Bertz CT molecular complexity index is 939. The van der Waals surface area contributed by atoms with Gasteiger partial charge in [0.05, 0.1) is 9.60 Å². The molecule has 1 aliphatic heterocycles. The molecule has 4 rings (SSSR count). The summed E-state index contributed by atoms with van der Waals surface area (Å²) in [6.07, 6.45) is 1.26. The summed E-state index contributed by atoms with van der Waals surface area (Å²) in [4.78, 5) is 16.8. The molecule has 1 fully saturated rings. The molecule has 1 saturated heterocycles. The average molecular weight is 417 g/mol. The third kappa shape index (κ3) is 4.31. The summed E-state index contributed by atoms with van der Waals surface area (Å²) < 4.78 is 0.460. The van der Waals surface area contributed by atoms with Gasteiger partial charge in [0.25, 0.3) is 5.91 Å². The van der Waals surface area contributed by atoms with Crippen LogP contribution in [0.4, 0.5) is 5.95 Å². The minimum absolute atomic E-state index is 0.220. The lowest BCUT2D eigenvalue weighted by Gasteiger charge is -2.21. The van der Waals surface area contributed by atoms with Crippen LogP contribution in [0.1, 0.15) is 26.9 Å². The summed E-state index contributed by atoms with van der Waals surface area (Å²) in [5.74, 6) is 2.88. The molecule has 0 atom stereocenters. The highest BCUT2D eigenvalue weighted by atomic mass is 35.5. The predicted octanol–water partition coefficient (Wildman–Crippen LogP) is 5.25. The highest BCUT2D eigenvalue weighted by molar-refractivity contribution is 8.16. The van der Waals surface area contributed by atoms with E-state index in [2.05, 4.69) is 20.5 Å². The number of nitrogens with one attached hydrogen (secondary N) is 2. The van der Waals surface area contributed by atoms with Gasteiger partial charge in [-0.05, 0) is 47.8 Å². The lowest BCUT2D eigenvalue weighted by molar-refractivity contribution is 0.102. The first kappa shape index (κ1) is 18.4. The minimum Gasteiger partial charge on any atom is -0.289 e. The number of hydrogen-bond acceptors (Lipinski definition) is 5. The maximum absolute atomic E-state index is 12.5. The van der Waals surface area contributed by atoms with E-state index in [0.717, 1.165) is 5.56 Å². The first-order valence-electron chi connectivity index (χ1n) is 8.52. The quantitative estimate of drug-likeness (QED) is 0.608. The maximum atomic E-state index is 12.5. The molecule has 27 heavy (non-hydrogen) atoms. The third-order valence-corrected chi connectivity index (χ3v) is 7.46. The summed E-state index contributed by atoms with van der Waals surface area (Å²) in [5.41, 5.74) is 2.56. The normalized spacial score (nSPS) is 14.9. The number of amides is 1. The Balaban J connectivity index is 1.44. The van der Waals surface area contributed by atoms with Crippen molar-refractivity contribution in [3.8, 4) is 11.4 Å². The molecule has 5 nitrogen and oxygen atoms in total. The van der Waals surface area contributed by atoms with Gasteiger partial charge in [-0.15, -0.1) is 28.6 Å². The van der Waals surface area contributed by atoms with E-state index in [0.29, 0.717) is 21.0 Å². The Morgan fingerprint density at radius 1 is 1.11 bits per heavy atom. The van der Waals surface area contributed by atoms with Crippen molar-refractivity contribution in [2.75, 3.05) is 16.8 Å². The molecule has 0 unspecified atom stereocenters. The minimum atomic E-state index is -0.241. The average Bonchev–Trinajstić information content (AvgIpc) is 3.17. The highest BCUT2D eigenvalue weighted by Gasteiger charge is 2.17. The second-order valence-electron chi connectivity index (χ2n) is 5.99. The van der Waals surface area contributed by atoms with E-state index in [4.69, 9.17) is 11.6 Å². The molecule has 2 aromatic carbocycles. The summed E-state index contributed by atoms with van der Waals surface area (Å²) in [6.45, 7) is 0. The molecule has 0 aliphatic carbocycles. The van der Waals surface area contributed by atoms with E-state index in [-0.39, 0.29) is 11.9 Å². The van der Waals surface area contributed by atoms with Gasteiger partial charge in [-0.2, -0.15) is 4.98 Å². The van der Waals surface area contributed by atoms with E-state index in [1.54, 1.807) is 6.07 Å². The number of thioether (sulfide) groups is 2. The van der Waals surface area contributed by atoms with Crippen LogP contribution in [0.3, 0.4) is 0 Å². The van der Waals surface area contributed by atoms with Gasteiger partial charge < -0.3 is 0 Å². The number of hydrogen-bond donors (Lipinski definition) is 2. The monoisotopic (exact) mass is 416 g/mol. The standard InChI is InChI=1S/C19H17ClN4OS2/c20-15-5-2-1-4-14(15)16-21-19(24-23-16)22-17(25)12-6-8-13(9-7-12)18-26-10-3-11-27-18/h1-2,4-9,18H,3,10-11H2,(H2,21,22,23,24,25). The van der Waals surface area contributed by atoms with Crippen molar-refractivity contribution >= 4 is 47.0 Å². The maximum Gasteiger partial charge on any atom is 0.258 e. The number of carbonyl (C=O) groups excluding carboxylic acids is 1. The molecular formula is C19H17ClN4OS2. The summed E-state index contributed by atoms with van der Waals surface area (Å²) in [5, 5.41) is 10.2. The van der Waals surface area contributed by atoms with E-state index < -0.39 is 0 Å². The first-order chi connectivity index (χ1) is 13.2. The number of benzene rings is 2. The zero-order chi connectivity index (χ0) is 18.6. The van der Waals surface area contributed by atoms with Gasteiger partial charge in [0, 0.05) is 11.1 Å². The van der Waals surface area contributed by atoms with Gasteiger partial charge >= 0.3 is 0 Å². The second-order valence-corrected chi connectivity index (χ2v) is 9.12. The van der Waals surface area contributed by atoms with E-state index >= 15 is 0 Å². The molecule has 2 heterocycles. The molecule has 0 spiro atoms. The molecule has 0 bridgehead atoms. The summed E-state index contributed by atoms with van der Waals surface area (Å²) >= 11 is 10.1. The molecule has 0 saturated carbocycles. The highest BCUT2D eigenvalue weighted by Crippen LogP contribution is 2.43. The fourth-order valence-corrected chi connectivity index (χ4v) is 5.86. The molecule has 8 heteroatoms. The predicted molar refractivity (Wildman–Crippen MR) is 113 cm³/mol. The van der Waals surface area contributed by atoms with Gasteiger partial charge in [0.2, 0.25) is 5.95 Å². The number of carbonyl (C=O) groups is 1. The Morgan fingerprint density at radius 2 is 1.85 bits per heavy atom. The van der Waals surface area contributed by atoms with Crippen LogP contribution >= 0.6 is 35.1 Å². The zero-order valence-corrected chi connectivity index (χ0v) is 16.7. The second kappa shape index (κ2) is 8.37. The Hall–Kier alpha value is -1.96. The van der Waals surface area contributed by atoms with E-state index in [9.17, 15) is 4.79 Å². The number of halogens is 1. The van der Waals surface area contributed by atoms with Crippen molar-refractivity contribution in [3.05, 3.63) is 64.7 Å². The first-order valence-corrected chi connectivity index (χ1v) is 11.0. The lowest BCUT2D eigenvalue weighted by atomic mass is 10.1. The van der Waals surface area contributed by atoms with Crippen LogP contribution in [-0.2, 0) is 0 Å². The van der Waals surface area contributed by atoms with Gasteiger partial charge in [-0.1, -0.05) is 35.9 Å². The van der Waals surface area contributed by atoms with Gasteiger partial charge in [0.1, 0.15) is 0 Å². The number of aromatic nitrogens is 3.